The van der Waals surface area contributed by atoms with E-state index in [9.17, 15) is 0 Å². The number of benzene rings is 1. The third-order valence-corrected chi connectivity index (χ3v) is 1.22. The molecule has 0 amide bonds. The molecule has 0 fully saturated rings. The summed E-state index contributed by atoms with van der Waals surface area (Å²) in [6.45, 7) is 4.19. The Kier molecular flexibility index (Phi) is 8.21. The third kappa shape index (κ3) is 13.9. The quantitative estimate of drug-likeness (QED) is 0.425. The first-order valence-corrected chi connectivity index (χ1v) is 19.0. The van der Waals surface area contributed by atoms with Crippen LogP contribution in [0, 0.1) is 13.8 Å². The molecule has 0 aliphatic carbocycles. The van der Waals surface area contributed by atoms with Gasteiger partial charge in [0.1, 0.15) is 0 Å². The Morgan fingerprint density at radius 2 is 0.923 bits per heavy atom. The van der Waals surface area contributed by atoms with Crippen LogP contribution in [-0.4, -0.2) is 0 Å². The van der Waals surface area contributed by atoms with Crippen molar-refractivity contribution in [3.8, 4) is 0 Å². The fraction of sp³-hybridized carbons (Fsp3) is 0.250. The summed E-state index contributed by atoms with van der Waals surface area (Å²) in [4.78, 5) is 0. The van der Waals surface area contributed by atoms with Crippen molar-refractivity contribution < 1.29 is 8.21 Å². The monoisotopic (exact) mass is 470 g/mol. The first-order valence-electron chi connectivity index (χ1n) is 3.58. The fourth-order valence-corrected chi connectivity index (χ4v) is 0.637. The average molecular weight is 474 g/mol. The van der Waals surface area contributed by atoms with Gasteiger partial charge in [0.25, 0.3) is 0 Å². The second kappa shape index (κ2) is 7.18. The number of halogens is 4. The van der Waals surface area contributed by atoms with Crippen molar-refractivity contribution in [2.45, 2.75) is 13.8 Å². The molecule has 1 rings (SSSR count). The summed E-state index contributed by atoms with van der Waals surface area (Å²) in [6.07, 6.45) is 0. The Morgan fingerprint density at radius 1 is 0.769 bits per heavy atom. The van der Waals surface area contributed by atoms with Crippen LogP contribution in [0.25, 0.3) is 0 Å². The molecule has 1 aromatic carbocycles. The molecule has 0 saturated heterocycles. The summed E-state index contributed by atoms with van der Waals surface area (Å²) in [7, 11) is -1.75. The molecular weight excluding hydrogens is 464 g/mol. The number of hydrogen-bond acceptors (Lipinski definition) is 0. The van der Waals surface area contributed by atoms with E-state index in [-0.39, 0.29) is 0 Å². The van der Waals surface area contributed by atoms with Crippen LogP contribution in [0.1, 0.15) is 11.1 Å². The van der Waals surface area contributed by atoms with Crippen molar-refractivity contribution in [1.29, 1.82) is 0 Å². The first-order chi connectivity index (χ1) is 5.79. The van der Waals surface area contributed by atoms with Gasteiger partial charge in [0.05, 0.1) is 0 Å². The zero-order valence-corrected chi connectivity index (χ0v) is 15.2. The molecule has 0 unspecified atom stereocenters. The van der Waals surface area contributed by atoms with Crippen molar-refractivity contribution in [2.75, 3.05) is 0 Å². The molecule has 0 aliphatic rings. The maximum atomic E-state index is 3.31. The third-order valence-electron chi connectivity index (χ3n) is 1.22. The number of rotatable bonds is 0. The van der Waals surface area contributed by atoms with Crippen LogP contribution >= 0.6 is 52.6 Å². The summed E-state index contributed by atoms with van der Waals surface area (Å²) < 4.78 is 0. The standard InChI is InChI=1S/C8H10.4BrH.Ti/c1-7-3-5-8(2)6-4-7;;;;;/h3-6H,1-2H3;4*1H;/q;;;;;+4/p-4. The fourth-order valence-electron chi connectivity index (χ4n) is 0.637. The topological polar surface area (TPSA) is 0 Å². The Hall–Kier alpha value is 1.85. The molecule has 0 aliphatic heterocycles. The second-order valence-electron chi connectivity index (χ2n) is 2.58. The SMILES string of the molecule is Cc1ccc(C)cc1.[Br][Ti]([Br])([Br])[Br]. The molecule has 0 heterocycles. The summed E-state index contributed by atoms with van der Waals surface area (Å²) in [6, 6.07) is 8.48. The van der Waals surface area contributed by atoms with Crippen LogP contribution in [-0.2, 0) is 8.21 Å². The van der Waals surface area contributed by atoms with E-state index in [1.165, 1.54) is 11.1 Å². The van der Waals surface area contributed by atoms with Gasteiger partial charge in [-0.05, 0) is 13.8 Å². The molecule has 0 nitrogen and oxygen atoms in total. The Balaban J connectivity index is 0.000000252. The van der Waals surface area contributed by atoms with Gasteiger partial charge in [-0.25, -0.2) is 0 Å². The molecule has 0 bridgehead atoms. The van der Waals surface area contributed by atoms with Gasteiger partial charge in [-0.1, -0.05) is 35.4 Å². The molecular formula is C8H10Br4Ti. The van der Waals surface area contributed by atoms with E-state index in [4.69, 9.17) is 0 Å². The molecule has 1 aromatic rings. The van der Waals surface area contributed by atoms with Gasteiger partial charge in [0.2, 0.25) is 0 Å². The van der Waals surface area contributed by atoms with Crippen LogP contribution in [0.3, 0.4) is 0 Å². The molecule has 0 radical (unpaired) electrons. The summed E-state index contributed by atoms with van der Waals surface area (Å²) in [5, 5.41) is 0. The summed E-state index contributed by atoms with van der Waals surface area (Å²) in [5.41, 5.74) is 2.66. The van der Waals surface area contributed by atoms with E-state index in [1.54, 1.807) is 0 Å². The van der Waals surface area contributed by atoms with Crippen molar-refractivity contribution in [2.24, 2.45) is 0 Å². The van der Waals surface area contributed by atoms with Gasteiger partial charge in [0.15, 0.2) is 0 Å². The summed E-state index contributed by atoms with van der Waals surface area (Å²) >= 11 is 13.2. The molecule has 0 spiro atoms. The van der Waals surface area contributed by atoms with E-state index in [2.05, 4.69) is 90.8 Å². The van der Waals surface area contributed by atoms with Gasteiger partial charge in [0, 0.05) is 0 Å². The van der Waals surface area contributed by atoms with Crippen molar-refractivity contribution in [1.82, 2.24) is 0 Å². The van der Waals surface area contributed by atoms with Crippen molar-refractivity contribution in [3.63, 3.8) is 0 Å². The van der Waals surface area contributed by atoms with E-state index in [1.807, 2.05) is 0 Å². The number of aryl methyl sites for hydroxylation is 2. The molecule has 5 heteroatoms. The normalized spacial score (nSPS) is 10.3. The predicted molar refractivity (Wildman–Crippen MR) is 71.6 cm³/mol. The van der Waals surface area contributed by atoms with Crippen LogP contribution in [0.2, 0.25) is 0 Å². The zero-order valence-electron chi connectivity index (χ0n) is 7.32. The van der Waals surface area contributed by atoms with Gasteiger partial charge in [-0.3, -0.25) is 0 Å². The van der Waals surface area contributed by atoms with Gasteiger partial charge < -0.3 is 0 Å². The number of hydrogen-bond donors (Lipinski definition) is 0. The minimum atomic E-state index is -1.75. The van der Waals surface area contributed by atoms with Crippen LogP contribution in [0.5, 0.6) is 0 Å². The van der Waals surface area contributed by atoms with E-state index >= 15 is 0 Å². The molecule has 0 atom stereocenters. The van der Waals surface area contributed by atoms with Crippen molar-refractivity contribution >= 4 is 52.6 Å². The Labute approximate surface area is 108 Å². The molecule has 0 N–H and O–H groups in total. The first kappa shape index (κ1) is 14.9. The molecule has 13 heavy (non-hydrogen) atoms. The van der Waals surface area contributed by atoms with E-state index in [0.717, 1.165) is 0 Å². The Morgan fingerprint density at radius 3 is 1.08 bits per heavy atom. The molecule has 0 saturated carbocycles. The minimum absolute atomic E-state index is 1.33. The van der Waals surface area contributed by atoms with Crippen LogP contribution in [0.15, 0.2) is 24.3 Å². The Bertz CT molecular complexity index is 212. The predicted octanol–water partition coefficient (Wildman–Crippen LogP) is 5.68. The second-order valence-corrected chi connectivity index (χ2v) is 49.9. The average Bonchev–Trinajstić information content (AvgIpc) is 1.92. The van der Waals surface area contributed by atoms with Crippen LogP contribution < -0.4 is 0 Å². The van der Waals surface area contributed by atoms with Gasteiger partial charge >= 0.3 is 60.9 Å². The summed E-state index contributed by atoms with van der Waals surface area (Å²) in [5.74, 6) is 0. The maximum absolute atomic E-state index is 3.31. The van der Waals surface area contributed by atoms with Crippen molar-refractivity contribution in [3.05, 3.63) is 35.4 Å². The molecule has 0 aromatic heterocycles. The molecule has 74 valence electrons. The van der Waals surface area contributed by atoms with Gasteiger partial charge in [-0.2, -0.15) is 0 Å². The van der Waals surface area contributed by atoms with Crippen LogP contribution in [0.4, 0.5) is 0 Å². The van der Waals surface area contributed by atoms with E-state index < -0.39 is 8.21 Å². The van der Waals surface area contributed by atoms with Gasteiger partial charge in [-0.15, -0.1) is 0 Å². The zero-order chi connectivity index (χ0) is 10.5. The van der Waals surface area contributed by atoms with E-state index in [0.29, 0.717) is 0 Å².